The van der Waals surface area contributed by atoms with Gasteiger partial charge < -0.3 is 15.5 Å². The van der Waals surface area contributed by atoms with Crippen LogP contribution in [0, 0.1) is 5.92 Å². The van der Waals surface area contributed by atoms with Crippen molar-refractivity contribution >= 4 is 48.8 Å². The van der Waals surface area contributed by atoms with Crippen LogP contribution in [0.15, 0.2) is 30.3 Å². The smallest absolute Gasteiger partial charge is 0.234 e. The molecule has 0 radical (unpaired) electrons. The fraction of sp³-hybridized carbons (Fsp3) is 0.632. The van der Waals surface area contributed by atoms with Gasteiger partial charge in [0.1, 0.15) is 0 Å². The molecule has 1 aliphatic carbocycles. The number of rotatable bonds is 8. The van der Waals surface area contributed by atoms with Crippen LogP contribution in [0.1, 0.15) is 19.8 Å². The van der Waals surface area contributed by atoms with Crippen molar-refractivity contribution in [3.8, 4) is 0 Å². The number of carbonyl (C=O) groups is 1. The summed E-state index contributed by atoms with van der Waals surface area (Å²) in [4.78, 5) is 16.8. The van der Waals surface area contributed by atoms with Crippen LogP contribution < -0.4 is 15.5 Å². The van der Waals surface area contributed by atoms with E-state index in [9.17, 15) is 4.79 Å². The molecule has 1 aromatic rings. The third-order valence-corrected chi connectivity index (χ3v) is 5.07. The van der Waals surface area contributed by atoms with E-state index >= 15 is 0 Å². The number of benzene rings is 1. The van der Waals surface area contributed by atoms with Gasteiger partial charge in [-0.1, -0.05) is 18.2 Å². The number of para-hydroxylation sites is 1. The molecule has 1 atom stereocenters. The molecule has 1 amide bonds. The summed E-state index contributed by atoms with van der Waals surface area (Å²) in [5, 5.41) is 6.30. The van der Waals surface area contributed by atoms with Crippen LogP contribution in [0.5, 0.6) is 0 Å². The van der Waals surface area contributed by atoms with Gasteiger partial charge in [0.2, 0.25) is 5.91 Å². The van der Waals surface area contributed by atoms with Crippen molar-refractivity contribution in [2.24, 2.45) is 5.92 Å². The van der Waals surface area contributed by atoms with Crippen molar-refractivity contribution in [2.45, 2.75) is 25.8 Å². The molecule has 2 N–H and O–H groups in total. The third-order valence-electron chi connectivity index (χ3n) is 5.07. The molecule has 0 aromatic heterocycles. The lowest BCUT2D eigenvalue weighted by atomic mass is 10.2. The quantitative estimate of drug-likeness (QED) is 0.653. The first-order valence-electron chi connectivity index (χ1n) is 9.24. The van der Waals surface area contributed by atoms with Crippen LogP contribution in [0.2, 0.25) is 0 Å². The second kappa shape index (κ2) is 13.5. The normalized spacial score (nSPS) is 17.7. The molecule has 1 aliphatic heterocycles. The largest absolute Gasteiger partial charge is 0.369 e. The number of piperazine rings is 1. The van der Waals surface area contributed by atoms with Gasteiger partial charge in [0.05, 0.1) is 6.54 Å². The Kier molecular flexibility index (Phi) is 13.1. The van der Waals surface area contributed by atoms with Gasteiger partial charge in [-0.3, -0.25) is 9.69 Å². The molecular formula is C19H33Cl3N4O. The molecule has 27 heavy (non-hydrogen) atoms. The zero-order chi connectivity index (χ0) is 16.8. The molecule has 1 aromatic carbocycles. The topological polar surface area (TPSA) is 47.6 Å². The summed E-state index contributed by atoms with van der Waals surface area (Å²) in [5.41, 5.74) is 1.31. The maximum absolute atomic E-state index is 11.9. The van der Waals surface area contributed by atoms with Gasteiger partial charge in [0.25, 0.3) is 0 Å². The van der Waals surface area contributed by atoms with E-state index in [1.165, 1.54) is 18.5 Å². The highest BCUT2D eigenvalue weighted by molar-refractivity contribution is 5.86. The Hall–Kier alpha value is -0.720. The number of carbonyl (C=O) groups excluding carboxylic acids is 1. The van der Waals surface area contributed by atoms with Crippen LogP contribution in [0.3, 0.4) is 0 Å². The van der Waals surface area contributed by atoms with Gasteiger partial charge >= 0.3 is 0 Å². The number of hydrogen-bond donors (Lipinski definition) is 2. The summed E-state index contributed by atoms with van der Waals surface area (Å²) in [5.74, 6) is 0.933. The Balaban J connectivity index is 0.00000225. The summed E-state index contributed by atoms with van der Waals surface area (Å²) in [6, 6.07) is 11.0. The lowest BCUT2D eigenvalue weighted by Gasteiger charge is -2.39. The summed E-state index contributed by atoms with van der Waals surface area (Å²) in [6.07, 6.45) is 2.64. The molecule has 2 aliphatic rings. The summed E-state index contributed by atoms with van der Waals surface area (Å²) < 4.78 is 0. The number of halogens is 3. The maximum Gasteiger partial charge on any atom is 0.234 e. The van der Waals surface area contributed by atoms with Crippen LogP contribution in [0.25, 0.3) is 0 Å². The molecule has 3 rings (SSSR count). The first kappa shape index (κ1) is 26.3. The van der Waals surface area contributed by atoms with E-state index in [4.69, 9.17) is 0 Å². The van der Waals surface area contributed by atoms with Crippen molar-refractivity contribution in [3.05, 3.63) is 30.3 Å². The van der Waals surface area contributed by atoms with Crippen LogP contribution in [0.4, 0.5) is 5.69 Å². The van der Waals surface area contributed by atoms with Gasteiger partial charge in [0, 0.05) is 44.5 Å². The second-order valence-corrected chi connectivity index (χ2v) is 7.09. The standard InChI is InChI=1S/C19H30N4O.3ClH/c1-16(13-21-19(24)15-20-14-17-7-8-17)22-9-11-23(12-10-22)18-5-3-2-4-6-18;;;/h2-6,16-17,20H,7-15H2,1H3,(H,21,24);3*1H. The predicted octanol–water partition coefficient (Wildman–Crippen LogP) is 2.58. The highest BCUT2D eigenvalue weighted by atomic mass is 35.5. The SMILES string of the molecule is CC(CNC(=O)CNCC1CC1)N1CCN(c2ccccc2)CC1.Cl.Cl.Cl. The highest BCUT2D eigenvalue weighted by Crippen LogP contribution is 2.27. The Morgan fingerprint density at radius 3 is 2.30 bits per heavy atom. The Labute approximate surface area is 181 Å². The number of nitrogens with one attached hydrogen (secondary N) is 2. The minimum atomic E-state index is 0. The van der Waals surface area contributed by atoms with Gasteiger partial charge in [-0.2, -0.15) is 0 Å². The molecule has 1 saturated heterocycles. The Morgan fingerprint density at radius 1 is 1.07 bits per heavy atom. The first-order chi connectivity index (χ1) is 11.7. The van der Waals surface area contributed by atoms with E-state index in [1.807, 2.05) is 0 Å². The van der Waals surface area contributed by atoms with Crippen LogP contribution in [-0.4, -0.2) is 62.7 Å². The summed E-state index contributed by atoms with van der Waals surface area (Å²) in [7, 11) is 0. The lowest BCUT2D eigenvalue weighted by molar-refractivity contribution is -0.120. The van der Waals surface area contributed by atoms with Crippen molar-refractivity contribution in [2.75, 3.05) is 50.7 Å². The van der Waals surface area contributed by atoms with Crippen LogP contribution in [-0.2, 0) is 4.79 Å². The minimum Gasteiger partial charge on any atom is -0.369 e. The molecule has 2 fully saturated rings. The molecule has 156 valence electrons. The van der Waals surface area contributed by atoms with Gasteiger partial charge in [0.15, 0.2) is 0 Å². The maximum atomic E-state index is 11.9. The van der Waals surface area contributed by atoms with E-state index in [-0.39, 0.29) is 43.1 Å². The third kappa shape index (κ3) is 8.88. The molecule has 1 unspecified atom stereocenters. The lowest BCUT2D eigenvalue weighted by Crippen LogP contribution is -2.52. The molecule has 1 heterocycles. The average molecular weight is 440 g/mol. The summed E-state index contributed by atoms with van der Waals surface area (Å²) >= 11 is 0. The highest BCUT2D eigenvalue weighted by Gasteiger charge is 2.22. The number of anilines is 1. The fourth-order valence-electron chi connectivity index (χ4n) is 3.22. The van der Waals surface area contributed by atoms with Crippen molar-refractivity contribution in [1.29, 1.82) is 0 Å². The Morgan fingerprint density at radius 2 is 1.70 bits per heavy atom. The first-order valence-corrected chi connectivity index (χ1v) is 9.24. The van der Waals surface area contributed by atoms with Gasteiger partial charge in [-0.15, -0.1) is 37.2 Å². The van der Waals surface area contributed by atoms with Gasteiger partial charge in [-0.05, 0) is 44.4 Å². The van der Waals surface area contributed by atoms with E-state index in [2.05, 4.69) is 57.7 Å². The minimum absolute atomic E-state index is 0. The fourth-order valence-corrected chi connectivity index (χ4v) is 3.22. The molecular weight excluding hydrogens is 407 g/mol. The van der Waals surface area contributed by atoms with E-state index in [0.29, 0.717) is 12.6 Å². The Bertz CT molecular complexity index is 523. The molecule has 1 saturated carbocycles. The van der Waals surface area contributed by atoms with Gasteiger partial charge in [-0.25, -0.2) is 0 Å². The van der Waals surface area contributed by atoms with Crippen LogP contribution >= 0.6 is 37.2 Å². The number of amides is 1. The number of nitrogens with zero attached hydrogens (tertiary/aromatic N) is 2. The van der Waals surface area contributed by atoms with Crippen molar-refractivity contribution in [1.82, 2.24) is 15.5 Å². The second-order valence-electron chi connectivity index (χ2n) is 7.09. The molecule has 5 nitrogen and oxygen atoms in total. The zero-order valence-corrected chi connectivity index (χ0v) is 18.4. The average Bonchev–Trinajstić information content (AvgIpc) is 3.45. The van der Waals surface area contributed by atoms with E-state index < -0.39 is 0 Å². The number of hydrogen-bond acceptors (Lipinski definition) is 4. The predicted molar refractivity (Wildman–Crippen MR) is 120 cm³/mol. The zero-order valence-electron chi connectivity index (χ0n) is 15.9. The summed E-state index contributed by atoms with van der Waals surface area (Å²) in [6.45, 7) is 8.56. The van der Waals surface area contributed by atoms with E-state index in [0.717, 1.165) is 45.2 Å². The van der Waals surface area contributed by atoms with Crippen molar-refractivity contribution < 1.29 is 4.79 Å². The van der Waals surface area contributed by atoms with Crippen molar-refractivity contribution in [3.63, 3.8) is 0 Å². The molecule has 0 spiro atoms. The van der Waals surface area contributed by atoms with E-state index in [1.54, 1.807) is 0 Å². The molecule has 8 heteroatoms. The molecule has 0 bridgehead atoms. The monoisotopic (exact) mass is 438 g/mol.